The fourth-order valence-corrected chi connectivity index (χ4v) is 6.09. The first-order valence-electron chi connectivity index (χ1n) is 9.71. The van der Waals surface area contributed by atoms with Crippen molar-refractivity contribution in [2.75, 3.05) is 16.9 Å². The van der Waals surface area contributed by atoms with Gasteiger partial charge < -0.3 is 0 Å². The van der Waals surface area contributed by atoms with Crippen molar-refractivity contribution in [3.8, 4) is 0 Å². The molecule has 0 aliphatic rings. The van der Waals surface area contributed by atoms with Crippen LogP contribution in [0.1, 0.15) is 5.56 Å². The SMILES string of the molecule is CS(=O)(=O)c1ccc2nc(N(Cc3cccnc3)C(=O)CS(=O)(=O)c3ccccc3)sc2c1. The third-order valence-corrected chi connectivity index (χ3v) is 8.56. The largest absolute Gasteiger partial charge is 0.283 e. The number of benzene rings is 2. The Labute approximate surface area is 195 Å². The number of amides is 1. The molecule has 8 nitrogen and oxygen atoms in total. The minimum absolute atomic E-state index is 0.0572. The van der Waals surface area contributed by atoms with Crippen LogP contribution < -0.4 is 4.90 Å². The van der Waals surface area contributed by atoms with Crippen molar-refractivity contribution in [3.05, 3.63) is 78.6 Å². The third-order valence-electron chi connectivity index (χ3n) is 4.79. The van der Waals surface area contributed by atoms with Gasteiger partial charge in [-0.05, 0) is 42.0 Å². The highest BCUT2D eigenvalue weighted by Gasteiger charge is 2.27. The van der Waals surface area contributed by atoms with Gasteiger partial charge in [-0.1, -0.05) is 35.6 Å². The van der Waals surface area contributed by atoms with Crippen molar-refractivity contribution in [1.82, 2.24) is 9.97 Å². The van der Waals surface area contributed by atoms with Gasteiger partial charge in [-0.25, -0.2) is 21.8 Å². The molecule has 0 aliphatic carbocycles. The molecule has 2 heterocycles. The van der Waals surface area contributed by atoms with Crippen LogP contribution in [0.5, 0.6) is 0 Å². The number of pyridine rings is 1. The number of sulfone groups is 2. The maximum absolute atomic E-state index is 13.2. The quantitative estimate of drug-likeness (QED) is 0.382. The van der Waals surface area contributed by atoms with Gasteiger partial charge >= 0.3 is 0 Å². The number of carbonyl (C=O) groups is 1. The van der Waals surface area contributed by atoms with Gasteiger partial charge in [-0.3, -0.25) is 14.7 Å². The Morgan fingerprint density at radius 1 is 0.970 bits per heavy atom. The minimum atomic E-state index is -3.87. The maximum Gasteiger partial charge on any atom is 0.244 e. The average Bonchev–Trinajstić information content (AvgIpc) is 3.21. The van der Waals surface area contributed by atoms with Crippen LogP contribution in [0, 0.1) is 0 Å². The van der Waals surface area contributed by atoms with Gasteiger partial charge in [0, 0.05) is 18.6 Å². The molecule has 0 N–H and O–H groups in total. The summed E-state index contributed by atoms with van der Waals surface area (Å²) in [5.41, 5.74) is 1.20. The van der Waals surface area contributed by atoms with Crippen LogP contribution in [-0.2, 0) is 31.0 Å². The number of hydrogen-bond donors (Lipinski definition) is 0. The second kappa shape index (κ2) is 9.00. The van der Waals surface area contributed by atoms with Crippen LogP contribution in [0.2, 0.25) is 0 Å². The zero-order valence-electron chi connectivity index (χ0n) is 17.5. The maximum atomic E-state index is 13.2. The van der Waals surface area contributed by atoms with Crippen molar-refractivity contribution >= 4 is 52.3 Å². The van der Waals surface area contributed by atoms with E-state index in [1.807, 2.05) is 0 Å². The lowest BCUT2D eigenvalue weighted by Crippen LogP contribution is -2.35. The summed E-state index contributed by atoms with van der Waals surface area (Å²) in [6, 6.07) is 15.8. The van der Waals surface area contributed by atoms with Gasteiger partial charge in [0.15, 0.2) is 24.8 Å². The van der Waals surface area contributed by atoms with E-state index in [0.29, 0.717) is 15.8 Å². The van der Waals surface area contributed by atoms with Crippen LogP contribution in [0.3, 0.4) is 0 Å². The average molecular weight is 502 g/mol. The van der Waals surface area contributed by atoms with Crippen molar-refractivity contribution in [1.29, 1.82) is 0 Å². The zero-order chi connectivity index (χ0) is 23.6. The number of anilines is 1. The Balaban J connectivity index is 1.73. The molecule has 170 valence electrons. The summed E-state index contributed by atoms with van der Waals surface area (Å²) in [7, 11) is -7.28. The van der Waals surface area contributed by atoms with E-state index in [1.165, 1.54) is 29.2 Å². The lowest BCUT2D eigenvalue weighted by Gasteiger charge is -2.20. The molecule has 0 atom stereocenters. The summed E-state index contributed by atoms with van der Waals surface area (Å²) in [6.45, 7) is 0.0652. The van der Waals surface area contributed by atoms with E-state index in [9.17, 15) is 21.6 Å². The Morgan fingerprint density at radius 2 is 1.73 bits per heavy atom. The van der Waals surface area contributed by atoms with E-state index >= 15 is 0 Å². The Bertz CT molecular complexity index is 1520. The second-order valence-corrected chi connectivity index (χ2v) is 12.3. The number of rotatable bonds is 7. The van der Waals surface area contributed by atoms with Gasteiger partial charge in [0.25, 0.3) is 0 Å². The number of carbonyl (C=O) groups excluding carboxylic acids is 1. The molecule has 0 aliphatic heterocycles. The number of aromatic nitrogens is 2. The van der Waals surface area contributed by atoms with Gasteiger partial charge in [0.1, 0.15) is 5.75 Å². The minimum Gasteiger partial charge on any atom is -0.283 e. The summed E-state index contributed by atoms with van der Waals surface area (Å²) in [6.07, 6.45) is 4.30. The lowest BCUT2D eigenvalue weighted by molar-refractivity contribution is -0.116. The lowest BCUT2D eigenvalue weighted by atomic mass is 10.2. The van der Waals surface area contributed by atoms with Gasteiger partial charge in [-0.15, -0.1) is 0 Å². The second-order valence-electron chi connectivity index (χ2n) is 7.31. The first-order valence-corrected chi connectivity index (χ1v) is 14.1. The first kappa shape index (κ1) is 23.0. The summed E-state index contributed by atoms with van der Waals surface area (Å²) >= 11 is 1.12. The predicted molar refractivity (Wildman–Crippen MR) is 127 cm³/mol. The molecule has 4 rings (SSSR count). The predicted octanol–water partition coefficient (Wildman–Crippen LogP) is 3.10. The smallest absolute Gasteiger partial charge is 0.244 e. The normalized spacial score (nSPS) is 12.0. The molecule has 0 fully saturated rings. The standard InChI is InChI=1S/C22H19N3O5S3/c1-32(27,28)18-9-10-19-20(12-18)31-22(24-19)25(14-16-6-5-11-23-13-16)21(26)15-33(29,30)17-7-3-2-4-8-17/h2-13H,14-15H2,1H3. The molecule has 2 aromatic carbocycles. The molecule has 4 aromatic rings. The molecule has 0 saturated carbocycles. The number of thiazole rings is 1. The van der Waals surface area contributed by atoms with Gasteiger partial charge in [0.2, 0.25) is 5.91 Å². The molecule has 1 amide bonds. The summed E-state index contributed by atoms with van der Waals surface area (Å²) in [5, 5.41) is 0.271. The molecule has 33 heavy (non-hydrogen) atoms. The third kappa shape index (κ3) is 5.27. The molecule has 0 bridgehead atoms. The van der Waals surface area contributed by atoms with Crippen molar-refractivity contribution in [3.63, 3.8) is 0 Å². The molecule has 0 radical (unpaired) electrons. The topological polar surface area (TPSA) is 114 Å². The highest BCUT2D eigenvalue weighted by Crippen LogP contribution is 2.32. The van der Waals surface area contributed by atoms with E-state index < -0.39 is 31.3 Å². The summed E-state index contributed by atoms with van der Waals surface area (Å²) < 4.78 is 50.0. The summed E-state index contributed by atoms with van der Waals surface area (Å²) in [5.74, 6) is -1.38. The van der Waals surface area contributed by atoms with E-state index in [1.54, 1.807) is 48.8 Å². The fraction of sp³-hybridized carbons (Fsp3) is 0.136. The van der Waals surface area contributed by atoms with Crippen LogP contribution in [-0.4, -0.2) is 44.7 Å². The van der Waals surface area contributed by atoms with E-state index in [4.69, 9.17) is 0 Å². The van der Waals surface area contributed by atoms with E-state index in [2.05, 4.69) is 9.97 Å². The van der Waals surface area contributed by atoms with Crippen molar-refractivity contribution in [2.45, 2.75) is 16.3 Å². The van der Waals surface area contributed by atoms with Gasteiger partial charge in [0.05, 0.1) is 26.6 Å². The number of nitrogens with zero attached hydrogens (tertiary/aromatic N) is 3. The van der Waals surface area contributed by atoms with Crippen molar-refractivity contribution in [2.24, 2.45) is 0 Å². The van der Waals surface area contributed by atoms with Crippen LogP contribution in [0.25, 0.3) is 10.2 Å². The van der Waals surface area contributed by atoms with Crippen LogP contribution >= 0.6 is 11.3 Å². The molecular formula is C22H19N3O5S3. The van der Waals surface area contributed by atoms with Crippen LogP contribution in [0.15, 0.2) is 82.8 Å². The van der Waals surface area contributed by atoms with Crippen LogP contribution in [0.4, 0.5) is 5.13 Å². The number of hydrogen-bond acceptors (Lipinski definition) is 8. The van der Waals surface area contributed by atoms with Crippen molar-refractivity contribution < 1.29 is 21.6 Å². The van der Waals surface area contributed by atoms with Gasteiger partial charge in [-0.2, -0.15) is 0 Å². The highest BCUT2D eigenvalue weighted by molar-refractivity contribution is 7.92. The zero-order valence-corrected chi connectivity index (χ0v) is 19.9. The molecular weight excluding hydrogens is 482 g/mol. The molecule has 0 spiro atoms. The molecule has 0 saturated heterocycles. The molecule has 0 unspecified atom stereocenters. The Hall–Kier alpha value is -3.15. The first-order chi connectivity index (χ1) is 15.6. The monoisotopic (exact) mass is 501 g/mol. The number of fused-ring (bicyclic) bond motifs is 1. The fourth-order valence-electron chi connectivity index (χ4n) is 3.13. The summed E-state index contributed by atoms with van der Waals surface area (Å²) in [4.78, 5) is 23.3. The molecule has 2 aromatic heterocycles. The van der Waals surface area contributed by atoms with E-state index in [0.717, 1.165) is 17.6 Å². The Morgan fingerprint density at radius 3 is 2.39 bits per heavy atom. The highest BCUT2D eigenvalue weighted by atomic mass is 32.2. The molecule has 11 heteroatoms. The Kier molecular flexibility index (Phi) is 6.28. The van der Waals surface area contributed by atoms with E-state index in [-0.39, 0.29) is 21.5 Å².